The average molecular weight is 484 g/mol. The molecule has 0 spiro atoms. The fourth-order valence-corrected chi connectivity index (χ4v) is 4.24. The molecule has 140 valence electrons. The number of nitrogens with zero attached hydrogens (tertiary/aromatic N) is 1. The Kier molecular flexibility index (Phi) is 6.98. The molecular weight excluding hydrogens is 460 g/mol. The third-order valence-corrected chi connectivity index (χ3v) is 5.94. The molecule has 4 nitrogen and oxygen atoms in total. The molecule has 0 aliphatic carbocycles. The number of methoxy groups -OCH3 is 2. The van der Waals surface area contributed by atoms with Crippen LogP contribution >= 0.6 is 31.9 Å². The van der Waals surface area contributed by atoms with E-state index < -0.39 is 0 Å². The Hall–Kier alpha value is -1.08. The summed E-state index contributed by atoms with van der Waals surface area (Å²) in [6.45, 7) is 4.12. The first-order valence-corrected chi connectivity index (χ1v) is 10.3. The Balaban J connectivity index is 2.09. The van der Waals surface area contributed by atoms with Crippen LogP contribution < -0.4 is 14.8 Å². The van der Waals surface area contributed by atoms with E-state index in [1.807, 2.05) is 6.07 Å². The van der Waals surface area contributed by atoms with Crippen molar-refractivity contribution >= 4 is 31.9 Å². The summed E-state index contributed by atoms with van der Waals surface area (Å²) in [7, 11) is 3.34. The molecule has 2 aromatic carbocycles. The summed E-state index contributed by atoms with van der Waals surface area (Å²) in [6, 6.07) is 12.8. The van der Waals surface area contributed by atoms with Gasteiger partial charge in [0, 0.05) is 28.6 Å². The Morgan fingerprint density at radius 3 is 2.35 bits per heavy atom. The molecule has 2 aromatic rings. The normalized spacial score (nSPS) is 16.8. The molecule has 1 aliphatic rings. The summed E-state index contributed by atoms with van der Waals surface area (Å²) in [6.07, 6.45) is 1.14. The second-order valence-corrected chi connectivity index (χ2v) is 8.09. The quantitative estimate of drug-likeness (QED) is 0.673. The van der Waals surface area contributed by atoms with Gasteiger partial charge in [0.15, 0.2) is 11.5 Å². The van der Waals surface area contributed by atoms with E-state index in [4.69, 9.17) is 9.47 Å². The van der Waals surface area contributed by atoms with Crippen LogP contribution in [0.3, 0.4) is 0 Å². The lowest BCUT2D eigenvalue weighted by Crippen LogP contribution is -2.33. The highest BCUT2D eigenvalue weighted by Crippen LogP contribution is 2.40. The van der Waals surface area contributed by atoms with Gasteiger partial charge in [-0.2, -0.15) is 0 Å². The lowest BCUT2D eigenvalue weighted by molar-refractivity contribution is 0.239. The highest BCUT2D eigenvalue weighted by Gasteiger charge is 2.26. The van der Waals surface area contributed by atoms with E-state index >= 15 is 0 Å². The Bertz CT molecular complexity index is 729. The number of ether oxygens (including phenoxy) is 2. The van der Waals surface area contributed by atoms with E-state index in [0.29, 0.717) is 0 Å². The zero-order valence-electron chi connectivity index (χ0n) is 15.1. The summed E-state index contributed by atoms with van der Waals surface area (Å²) < 4.78 is 13.1. The monoisotopic (exact) mass is 482 g/mol. The summed E-state index contributed by atoms with van der Waals surface area (Å²) in [5.74, 6) is 1.48. The van der Waals surface area contributed by atoms with Gasteiger partial charge in [0.05, 0.1) is 20.3 Å². The van der Waals surface area contributed by atoms with Gasteiger partial charge in [-0.3, -0.25) is 4.90 Å². The van der Waals surface area contributed by atoms with Crippen molar-refractivity contribution in [2.45, 2.75) is 12.5 Å². The first kappa shape index (κ1) is 19.7. The van der Waals surface area contributed by atoms with E-state index in [2.05, 4.69) is 72.4 Å². The van der Waals surface area contributed by atoms with Crippen molar-refractivity contribution in [2.24, 2.45) is 0 Å². The van der Waals surface area contributed by atoms with Crippen molar-refractivity contribution in [2.75, 3.05) is 40.4 Å². The zero-order chi connectivity index (χ0) is 18.5. The minimum Gasteiger partial charge on any atom is -0.493 e. The fraction of sp³-hybridized carbons (Fsp3) is 0.400. The summed E-state index contributed by atoms with van der Waals surface area (Å²) in [4.78, 5) is 2.54. The third kappa shape index (κ3) is 4.42. The van der Waals surface area contributed by atoms with Gasteiger partial charge in [0.25, 0.3) is 0 Å². The minimum atomic E-state index is 0.150. The van der Waals surface area contributed by atoms with Crippen LogP contribution in [0.5, 0.6) is 11.5 Å². The fourth-order valence-electron chi connectivity index (χ4n) is 3.44. The Morgan fingerprint density at radius 2 is 1.65 bits per heavy atom. The van der Waals surface area contributed by atoms with Crippen LogP contribution in [0, 0.1) is 0 Å². The standard InChI is InChI=1S/C20H24Br2N2O2/c1-25-18-12-16(17(22)13-19(18)26-2)20(14-4-6-15(21)7-5-14)24-10-3-8-23-9-11-24/h4-7,12-13,20,23H,3,8-11H2,1-2H3. The van der Waals surface area contributed by atoms with Crippen LogP contribution in [-0.4, -0.2) is 45.3 Å². The maximum Gasteiger partial charge on any atom is 0.161 e. The maximum absolute atomic E-state index is 5.56. The van der Waals surface area contributed by atoms with Crippen molar-refractivity contribution in [3.05, 3.63) is 56.5 Å². The Morgan fingerprint density at radius 1 is 0.962 bits per heavy atom. The van der Waals surface area contributed by atoms with E-state index in [-0.39, 0.29) is 6.04 Å². The third-order valence-electron chi connectivity index (χ3n) is 4.72. The lowest BCUT2D eigenvalue weighted by Gasteiger charge is -2.32. The summed E-state index contributed by atoms with van der Waals surface area (Å²) in [5.41, 5.74) is 2.45. The predicted octanol–water partition coefficient (Wildman–Crippen LogP) is 4.61. The molecule has 3 rings (SSSR count). The first-order chi connectivity index (χ1) is 12.6. The zero-order valence-corrected chi connectivity index (χ0v) is 18.3. The van der Waals surface area contributed by atoms with Crippen LogP contribution in [0.15, 0.2) is 45.3 Å². The number of hydrogen-bond donors (Lipinski definition) is 1. The Labute approximate surface area is 172 Å². The highest BCUT2D eigenvalue weighted by molar-refractivity contribution is 9.10. The molecule has 1 heterocycles. The van der Waals surface area contributed by atoms with Crippen molar-refractivity contribution in [1.82, 2.24) is 10.2 Å². The topological polar surface area (TPSA) is 33.7 Å². The number of halogens is 2. The van der Waals surface area contributed by atoms with Gasteiger partial charge in [0.2, 0.25) is 0 Å². The average Bonchev–Trinajstić information content (AvgIpc) is 2.93. The predicted molar refractivity (Wildman–Crippen MR) is 112 cm³/mol. The smallest absolute Gasteiger partial charge is 0.161 e. The molecular formula is C20H24Br2N2O2. The van der Waals surface area contributed by atoms with E-state index in [9.17, 15) is 0 Å². The molecule has 1 N–H and O–H groups in total. The van der Waals surface area contributed by atoms with Gasteiger partial charge < -0.3 is 14.8 Å². The second-order valence-electron chi connectivity index (χ2n) is 6.32. The number of nitrogens with one attached hydrogen (secondary N) is 1. The van der Waals surface area contributed by atoms with Crippen molar-refractivity contribution < 1.29 is 9.47 Å². The molecule has 1 saturated heterocycles. The van der Waals surface area contributed by atoms with E-state index in [1.165, 1.54) is 11.1 Å². The maximum atomic E-state index is 5.56. The van der Waals surface area contributed by atoms with Gasteiger partial charge in [-0.05, 0) is 48.4 Å². The molecule has 1 unspecified atom stereocenters. The molecule has 1 aliphatic heterocycles. The van der Waals surface area contributed by atoms with Crippen molar-refractivity contribution in [1.29, 1.82) is 0 Å². The molecule has 0 amide bonds. The minimum absolute atomic E-state index is 0.150. The van der Waals surface area contributed by atoms with Crippen molar-refractivity contribution in [3.63, 3.8) is 0 Å². The molecule has 6 heteroatoms. The van der Waals surface area contributed by atoms with Crippen LogP contribution in [0.1, 0.15) is 23.6 Å². The van der Waals surface area contributed by atoms with Crippen LogP contribution in [0.2, 0.25) is 0 Å². The van der Waals surface area contributed by atoms with Gasteiger partial charge in [-0.15, -0.1) is 0 Å². The largest absolute Gasteiger partial charge is 0.493 e. The molecule has 0 radical (unpaired) electrons. The molecule has 0 aromatic heterocycles. The lowest BCUT2D eigenvalue weighted by atomic mass is 9.96. The van der Waals surface area contributed by atoms with Gasteiger partial charge in [-0.25, -0.2) is 0 Å². The molecule has 1 fully saturated rings. The molecule has 26 heavy (non-hydrogen) atoms. The molecule has 0 saturated carbocycles. The number of benzene rings is 2. The number of hydrogen-bond acceptors (Lipinski definition) is 4. The summed E-state index contributed by atoms with van der Waals surface area (Å²) >= 11 is 7.31. The van der Waals surface area contributed by atoms with E-state index in [0.717, 1.165) is 53.0 Å². The highest BCUT2D eigenvalue weighted by atomic mass is 79.9. The van der Waals surface area contributed by atoms with Crippen molar-refractivity contribution in [3.8, 4) is 11.5 Å². The van der Waals surface area contributed by atoms with Gasteiger partial charge in [-0.1, -0.05) is 44.0 Å². The number of rotatable bonds is 5. The van der Waals surface area contributed by atoms with Crippen LogP contribution in [-0.2, 0) is 0 Å². The van der Waals surface area contributed by atoms with Gasteiger partial charge >= 0.3 is 0 Å². The molecule has 1 atom stereocenters. The first-order valence-electron chi connectivity index (χ1n) is 8.75. The second kappa shape index (κ2) is 9.22. The van der Waals surface area contributed by atoms with Gasteiger partial charge in [0.1, 0.15) is 0 Å². The van der Waals surface area contributed by atoms with Crippen LogP contribution in [0.25, 0.3) is 0 Å². The SMILES string of the molecule is COc1cc(Br)c(C(c2ccc(Br)cc2)N2CCCNCC2)cc1OC. The van der Waals surface area contributed by atoms with E-state index in [1.54, 1.807) is 14.2 Å². The summed E-state index contributed by atoms with van der Waals surface area (Å²) in [5, 5.41) is 3.49. The molecule has 0 bridgehead atoms. The van der Waals surface area contributed by atoms with Crippen LogP contribution in [0.4, 0.5) is 0 Å².